The Balaban J connectivity index is 2.23. The van der Waals surface area contributed by atoms with Crippen molar-refractivity contribution in [3.05, 3.63) is 59.7 Å². The largest absolute Gasteiger partial charge is 0.379 e. The van der Waals surface area contributed by atoms with Gasteiger partial charge in [0.25, 0.3) is 0 Å². The number of pyridine rings is 1. The number of hydrogen-bond acceptors (Lipinski definition) is 2. The van der Waals surface area contributed by atoms with Crippen LogP contribution in [-0.4, -0.2) is 19.5 Å². The van der Waals surface area contributed by atoms with Crippen molar-refractivity contribution in [2.45, 2.75) is 19.4 Å². The molecule has 1 atom stereocenters. The minimum Gasteiger partial charge on any atom is -0.379 e. The first-order chi connectivity index (χ1) is 9.22. The van der Waals surface area contributed by atoms with Crippen LogP contribution < -0.4 is 0 Å². The lowest BCUT2D eigenvalue weighted by Gasteiger charge is -2.14. The van der Waals surface area contributed by atoms with Gasteiger partial charge in [0.15, 0.2) is 6.10 Å². The lowest BCUT2D eigenvalue weighted by atomic mass is 10.2. The maximum absolute atomic E-state index is 13.8. The molecule has 0 aliphatic heterocycles. The average Bonchev–Trinajstić information content (AvgIpc) is 3.08. The van der Waals surface area contributed by atoms with E-state index in [-0.39, 0.29) is 5.82 Å². The van der Waals surface area contributed by atoms with E-state index in [4.69, 9.17) is 0 Å². The first-order valence-electron chi connectivity index (χ1n) is 6.18. The van der Waals surface area contributed by atoms with Gasteiger partial charge in [-0.1, -0.05) is 6.92 Å². The number of H-pyrrole nitrogens is 1. The summed E-state index contributed by atoms with van der Waals surface area (Å²) in [5.41, 5.74) is 2.03. The van der Waals surface area contributed by atoms with Crippen molar-refractivity contribution in [1.29, 1.82) is 0 Å². The first-order valence-corrected chi connectivity index (χ1v) is 6.18. The number of aliphatic hydroxyl groups excluding tert-OH is 1. The molecule has 2 N–H and O–H groups in total. The van der Waals surface area contributed by atoms with Gasteiger partial charge in [0.1, 0.15) is 11.6 Å². The molecule has 0 amide bonds. The number of imidazole rings is 1. The van der Waals surface area contributed by atoms with Gasteiger partial charge in [0, 0.05) is 18.1 Å². The molecule has 0 aromatic carbocycles. The van der Waals surface area contributed by atoms with Crippen LogP contribution in [0.2, 0.25) is 0 Å². The van der Waals surface area contributed by atoms with Gasteiger partial charge in [-0.15, -0.1) is 0 Å². The summed E-state index contributed by atoms with van der Waals surface area (Å²) in [6, 6.07) is 6.56. The number of fused-ring (bicyclic) bond motifs is 1. The van der Waals surface area contributed by atoms with E-state index in [0.717, 1.165) is 12.1 Å². The molecule has 0 aliphatic carbocycles. The summed E-state index contributed by atoms with van der Waals surface area (Å²) >= 11 is 0. The van der Waals surface area contributed by atoms with Crippen molar-refractivity contribution < 1.29 is 9.50 Å². The lowest BCUT2D eigenvalue weighted by molar-refractivity contribution is 0.204. The number of hydrogen-bond donors (Lipinski definition) is 2. The minimum absolute atomic E-state index is 0.296. The van der Waals surface area contributed by atoms with Crippen molar-refractivity contribution in [1.82, 2.24) is 14.4 Å². The molecule has 19 heavy (non-hydrogen) atoms. The van der Waals surface area contributed by atoms with E-state index in [1.54, 1.807) is 28.9 Å². The summed E-state index contributed by atoms with van der Waals surface area (Å²) in [7, 11) is 0. The standard InChI is InChI=1S/C14H14FN3O/c1-2-9-3-5-11-10(15)4-6-12(18(9)11)13(19)14-16-7-8-17-14/h3-8,13,19H,2H2,1H3,(H,16,17)/t13-/m0/s1. The highest BCUT2D eigenvalue weighted by molar-refractivity contribution is 5.53. The second-order valence-corrected chi connectivity index (χ2v) is 4.38. The number of nitrogens with one attached hydrogen (secondary N) is 1. The van der Waals surface area contributed by atoms with E-state index in [0.29, 0.717) is 17.0 Å². The zero-order valence-corrected chi connectivity index (χ0v) is 10.5. The molecule has 0 unspecified atom stereocenters. The Labute approximate surface area is 109 Å². The van der Waals surface area contributed by atoms with Crippen LogP contribution in [0.4, 0.5) is 4.39 Å². The van der Waals surface area contributed by atoms with E-state index in [9.17, 15) is 9.50 Å². The van der Waals surface area contributed by atoms with Gasteiger partial charge >= 0.3 is 0 Å². The topological polar surface area (TPSA) is 53.3 Å². The number of aliphatic hydroxyl groups is 1. The third-order valence-corrected chi connectivity index (χ3v) is 3.29. The van der Waals surface area contributed by atoms with Gasteiger partial charge < -0.3 is 14.5 Å². The van der Waals surface area contributed by atoms with Crippen LogP contribution in [0.3, 0.4) is 0 Å². The molecular formula is C14H14FN3O. The molecule has 0 fully saturated rings. The number of halogens is 1. The Bertz CT molecular complexity index is 703. The maximum atomic E-state index is 13.8. The number of rotatable bonds is 3. The van der Waals surface area contributed by atoms with Crippen molar-refractivity contribution in [2.75, 3.05) is 0 Å². The molecule has 0 saturated carbocycles. The molecular weight excluding hydrogens is 245 g/mol. The van der Waals surface area contributed by atoms with Crippen LogP contribution >= 0.6 is 0 Å². The number of aromatic amines is 1. The van der Waals surface area contributed by atoms with E-state index in [1.807, 2.05) is 13.0 Å². The third-order valence-electron chi connectivity index (χ3n) is 3.29. The van der Waals surface area contributed by atoms with Crippen LogP contribution in [0.15, 0.2) is 36.7 Å². The highest BCUT2D eigenvalue weighted by Gasteiger charge is 2.18. The molecule has 3 rings (SSSR count). The average molecular weight is 259 g/mol. The Morgan fingerprint density at radius 1 is 1.37 bits per heavy atom. The van der Waals surface area contributed by atoms with Crippen LogP contribution in [0.5, 0.6) is 0 Å². The molecule has 0 spiro atoms. The van der Waals surface area contributed by atoms with Gasteiger partial charge in [0.2, 0.25) is 0 Å². The SMILES string of the molecule is CCc1ccc2c(F)ccc([C@H](O)c3ncc[nH]3)n12. The van der Waals surface area contributed by atoms with E-state index in [2.05, 4.69) is 9.97 Å². The summed E-state index contributed by atoms with van der Waals surface area (Å²) in [6.45, 7) is 2.00. The number of aromatic nitrogens is 3. The van der Waals surface area contributed by atoms with Crippen LogP contribution in [0, 0.1) is 5.82 Å². The third kappa shape index (κ3) is 1.82. The second kappa shape index (κ2) is 4.51. The van der Waals surface area contributed by atoms with Crippen LogP contribution in [0.1, 0.15) is 30.2 Å². The Kier molecular flexibility index (Phi) is 2.83. The van der Waals surface area contributed by atoms with E-state index in [1.165, 1.54) is 6.07 Å². The summed E-state index contributed by atoms with van der Waals surface area (Å²) in [5, 5.41) is 10.4. The molecule has 98 valence electrons. The zero-order chi connectivity index (χ0) is 13.4. The second-order valence-electron chi connectivity index (χ2n) is 4.38. The van der Waals surface area contributed by atoms with Crippen LogP contribution in [0.25, 0.3) is 5.52 Å². The maximum Gasteiger partial charge on any atom is 0.152 e. The van der Waals surface area contributed by atoms with Crippen molar-refractivity contribution in [2.24, 2.45) is 0 Å². The molecule has 0 aliphatic rings. The summed E-state index contributed by atoms with van der Waals surface area (Å²) in [6.07, 6.45) is 3.08. The fraction of sp³-hybridized carbons (Fsp3) is 0.214. The van der Waals surface area contributed by atoms with Crippen molar-refractivity contribution >= 4 is 5.52 Å². The summed E-state index contributed by atoms with van der Waals surface area (Å²) in [5.74, 6) is 0.152. The number of nitrogens with zero attached hydrogens (tertiary/aromatic N) is 2. The smallest absolute Gasteiger partial charge is 0.152 e. The minimum atomic E-state index is -0.907. The number of aryl methyl sites for hydroxylation is 1. The van der Waals surface area contributed by atoms with Crippen molar-refractivity contribution in [3.8, 4) is 0 Å². The van der Waals surface area contributed by atoms with Gasteiger partial charge in [0.05, 0.1) is 11.2 Å². The van der Waals surface area contributed by atoms with Gasteiger partial charge in [-0.3, -0.25) is 0 Å². The van der Waals surface area contributed by atoms with Gasteiger partial charge in [-0.05, 0) is 30.7 Å². The molecule has 0 bridgehead atoms. The fourth-order valence-electron chi connectivity index (χ4n) is 2.35. The Morgan fingerprint density at radius 3 is 2.89 bits per heavy atom. The monoisotopic (exact) mass is 259 g/mol. The van der Waals surface area contributed by atoms with Crippen molar-refractivity contribution in [3.63, 3.8) is 0 Å². The lowest BCUT2D eigenvalue weighted by Crippen LogP contribution is -2.10. The predicted octanol–water partition coefficient (Wildman–Crippen LogP) is 2.45. The van der Waals surface area contributed by atoms with Gasteiger partial charge in [-0.2, -0.15) is 0 Å². The summed E-state index contributed by atoms with van der Waals surface area (Å²) < 4.78 is 15.5. The normalized spacial score (nSPS) is 13.0. The molecule has 3 heterocycles. The van der Waals surface area contributed by atoms with E-state index < -0.39 is 6.10 Å². The molecule has 3 aromatic rings. The quantitative estimate of drug-likeness (QED) is 0.759. The van der Waals surface area contributed by atoms with Crippen LogP contribution in [-0.2, 0) is 6.42 Å². The molecule has 0 saturated heterocycles. The fourth-order valence-corrected chi connectivity index (χ4v) is 2.35. The Morgan fingerprint density at radius 2 is 2.21 bits per heavy atom. The molecule has 0 radical (unpaired) electrons. The first kappa shape index (κ1) is 11.9. The predicted molar refractivity (Wildman–Crippen MR) is 69.4 cm³/mol. The zero-order valence-electron chi connectivity index (χ0n) is 10.5. The Hall–Kier alpha value is -2.14. The van der Waals surface area contributed by atoms with E-state index >= 15 is 0 Å². The molecule has 3 aromatic heterocycles. The van der Waals surface area contributed by atoms with Gasteiger partial charge in [-0.25, -0.2) is 9.37 Å². The summed E-state index contributed by atoms with van der Waals surface area (Å²) in [4.78, 5) is 6.93. The highest BCUT2D eigenvalue weighted by Crippen LogP contribution is 2.24. The molecule has 5 heteroatoms. The highest BCUT2D eigenvalue weighted by atomic mass is 19.1. The molecule has 4 nitrogen and oxygen atoms in total.